The minimum Gasteiger partial charge on any atom is -0.493 e. The van der Waals surface area contributed by atoms with Gasteiger partial charge < -0.3 is 35.3 Å². The van der Waals surface area contributed by atoms with Gasteiger partial charge in [0.1, 0.15) is 6.04 Å². The Morgan fingerprint density at radius 2 is 1.73 bits per heavy atom. The topological polar surface area (TPSA) is 141 Å². The number of fused-ring (bicyclic) bond motifs is 1. The van der Waals surface area contributed by atoms with Gasteiger partial charge in [0.25, 0.3) is 5.91 Å². The van der Waals surface area contributed by atoms with Gasteiger partial charge in [-0.15, -0.1) is 0 Å². The largest absolute Gasteiger partial charge is 0.493 e. The lowest BCUT2D eigenvalue weighted by molar-refractivity contribution is -0.126. The van der Waals surface area contributed by atoms with E-state index in [1.165, 1.54) is 18.2 Å². The predicted octanol–water partition coefficient (Wildman–Crippen LogP) is 3.42. The summed E-state index contributed by atoms with van der Waals surface area (Å²) >= 11 is 0. The number of aryl methyl sites for hydroxylation is 1. The van der Waals surface area contributed by atoms with Crippen LogP contribution in [0.5, 0.6) is 11.5 Å². The predicted molar refractivity (Wildman–Crippen MR) is 165 cm³/mol. The zero-order chi connectivity index (χ0) is 31.2. The zero-order valence-electron chi connectivity index (χ0n) is 25.7. The van der Waals surface area contributed by atoms with E-state index in [1.54, 1.807) is 36.5 Å². The number of amides is 4. The number of nitrogens with two attached hydrogens (primary N) is 1. The lowest BCUT2D eigenvalue weighted by Crippen LogP contribution is -2.53. The van der Waals surface area contributed by atoms with Gasteiger partial charge in [-0.05, 0) is 67.3 Å². The van der Waals surface area contributed by atoms with Gasteiger partial charge in [0.05, 0.1) is 38.5 Å². The van der Waals surface area contributed by atoms with E-state index < -0.39 is 12.1 Å². The quantitative estimate of drug-likeness (QED) is 0.325. The summed E-state index contributed by atoms with van der Waals surface area (Å²) in [6, 6.07) is 12.0. The molecule has 1 saturated carbocycles. The van der Waals surface area contributed by atoms with Gasteiger partial charge in [0, 0.05) is 31.6 Å². The van der Waals surface area contributed by atoms with Gasteiger partial charge in [-0.25, -0.2) is 9.78 Å². The van der Waals surface area contributed by atoms with Crippen molar-refractivity contribution in [1.82, 2.24) is 25.1 Å². The van der Waals surface area contributed by atoms with Crippen LogP contribution in [0, 0.1) is 18.8 Å². The molecule has 3 atom stereocenters. The van der Waals surface area contributed by atoms with E-state index in [9.17, 15) is 14.4 Å². The molecule has 234 valence electrons. The van der Waals surface area contributed by atoms with Crippen molar-refractivity contribution in [2.75, 3.05) is 27.3 Å². The zero-order valence-corrected chi connectivity index (χ0v) is 25.7. The number of hydrogen-bond donors (Lipinski definition) is 3. The van der Waals surface area contributed by atoms with E-state index in [0.29, 0.717) is 49.0 Å². The SMILES string of the molecule is COc1ccc(C(=O)N2Cc3c(ncn3Cc3ccccc3C)CC2C(=O)NCC2CCCC(CNC(N)=O)C2)cc1OC. The molecule has 0 bridgehead atoms. The first-order chi connectivity index (χ1) is 21.3. The number of nitrogens with zero attached hydrogens (tertiary/aromatic N) is 3. The molecule has 0 radical (unpaired) electrons. The van der Waals surface area contributed by atoms with Crippen LogP contribution < -0.4 is 25.8 Å². The molecule has 4 amide bonds. The fourth-order valence-electron chi connectivity index (χ4n) is 6.44. The molecule has 1 aliphatic heterocycles. The van der Waals surface area contributed by atoms with Crippen LogP contribution in [-0.2, 0) is 24.3 Å². The molecule has 11 nitrogen and oxygen atoms in total. The van der Waals surface area contributed by atoms with Crippen molar-refractivity contribution >= 4 is 17.8 Å². The van der Waals surface area contributed by atoms with Crippen LogP contribution in [0.3, 0.4) is 0 Å². The molecule has 2 heterocycles. The van der Waals surface area contributed by atoms with Crippen molar-refractivity contribution in [2.45, 2.75) is 58.2 Å². The van der Waals surface area contributed by atoms with Crippen LogP contribution in [0.2, 0.25) is 0 Å². The smallest absolute Gasteiger partial charge is 0.312 e. The number of methoxy groups -OCH3 is 2. The molecule has 1 fully saturated rings. The molecule has 2 aromatic carbocycles. The third-order valence-corrected chi connectivity index (χ3v) is 8.93. The highest BCUT2D eigenvalue weighted by Gasteiger charge is 2.38. The van der Waals surface area contributed by atoms with Gasteiger partial charge in [0.15, 0.2) is 11.5 Å². The van der Waals surface area contributed by atoms with Gasteiger partial charge in [0.2, 0.25) is 5.91 Å². The van der Waals surface area contributed by atoms with Crippen LogP contribution in [0.25, 0.3) is 0 Å². The normalized spacial score (nSPS) is 19.5. The van der Waals surface area contributed by atoms with Crippen LogP contribution in [0.15, 0.2) is 48.8 Å². The van der Waals surface area contributed by atoms with Crippen molar-refractivity contribution in [3.05, 3.63) is 76.9 Å². The summed E-state index contributed by atoms with van der Waals surface area (Å²) < 4.78 is 12.9. The molecule has 3 aromatic rings. The summed E-state index contributed by atoms with van der Waals surface area (Å²) in [4.78, 5) is 45.4. The van der Waals surface area contributed by atoms with Gasteiger partial charge in [-0.1, -0.05) is 30.7 Å². The first-order valence-electron chi connectivity index (χ1n) is 15.2. The number of hydrogen-bond acceptors (Lipinski definition) is 6. The number of rotatable bonds is 10. The number of urea groups is 1. The summed E-state index contributed by atoms with van der Waals surface area (Å²) in [5, 5.41) is 5.86. The summed E-state index contributed by atoms with van der Waals surface area (Å²) in [6.07, 6.45) is 6.07. The monoisotopic (exact) mass is 602 g/mol. The lowest BCUT2D eigenvalue weighted by Gasteiger charge is -2.36. The molecular weight excluding hydrogens is 560 g/mol. The molecule has 2 aliphatic rings. The summed E-state index contributed by atoms with van der Waals surface area (Å²) in [5.74, 6) is 1.11. The second-order valence-corrected chi connectivity index (χ2v) is 11.8. The number of aromatic nitrogens is 2. The average molecular weight is 603 g/mol. The Bertz CT molecular complexity index is 1500. The highest BCUT2D eigenvalue weighted by molar-refractivity contribution is 5.98. The molecule has 4 N–H and O–H groups in total. The number of benzene rings is 2. The van der Waals surface area contributed by atoms with Gasteiger partial charge >= 0.3 is 6.03 Å². The summed E-state index contributed by atoms with van der Waals surface area (Å²) in [6.45, 7) is 4.00. The third kappa shape index (κ3) is 6.98. The Hall–Kier alpha value is -4.54. The maximum Gasteiger partial charge on any atom is 0.312 e. The van der Waals surface area contributed by atoms with Crippen molar-refractivity contribution < 1.29 is 23.9 Å². The lowest BCUT2D eigenvalue weighted by atomic mass is 9.81. The maximum absolute atomic E-state index is 14.1. The Labute approximate surface area is 258 Å². The Morgan fingerprint density at radius 1 is 1.00 bits per heavy atom. The first-order valence-corrected chi connectivity index (χ1v) is 15.2. The number of nitrogens with one attached hydrogen (secondary N) is 2. The maximum atomic E-state index is 14.1. The summed E-state index contributed by atoms with van der Waals surface area (Å²) in [5.41, 5.74) is 9.76. The van der Waals surface area contributed by atoms with Gasteiger partial charge in [-0.2, -0.15) is 0 Å². The van der Waals surface area contributed by atoms with Crippen molar-refractivity contribution in [3.8, 4) is 11.5 Å². The van der Waals surface area contributed by atoms with Crippen LogP contribution in [0.1, 0.15) is 58.6 Å². The Kier molecular flexibility index (Phi) is 9.72. The Morgan fingerprint density at radius 3 is 2.43 bits per heavy atom. The highest BCUT2D eigenvalue weighted by Crippen LogP contribution is 2.31. The van der Waals surface area contributed by atoms with Crippen LogP contribution in [0.4, 0.5) is 4.79 Å². The number of carbonyl (C=O) groups excluding carboxylic acids is 3. The number of imidazole rings is 1. The van der Waals surface area contributed by atoms with E-state index in [4.69, 9.17) is 20.2 Å². The molecule has 11 heteroatoms. The molecule has 5 rings (SSSR count). The second-order valence-electron chi connectivity index (χ2n) is 11.8. The molecule has 1 aromatic heterocycles. The fourth-order valence-corrected chi connectivity index (χ4v) is 6.44. The molecule has 0 spiro atoms. The number of primary amides is 1. The van der Waals surface area contributed by atoms with Gasteiger partial charge in [-0.3, -0.25) is 9.59 Å². The molecule has 0 saturated heterocycles. The third-order valence-electron chi connectivity index (χ3n) is 8.93. The van der Waals surface area contributed by atoms with Crippen LogP contribution >= 0.6 is 0 Å². The standard InChI is InChI=1S/C33H42N6O5/c1-21-7-4-5-10-25(21)18-38-20-37-26-15-27(31(40)35-16-22-8-6-9-23(13-22)17-36-33(34)42)39(19-28(26)38)32(41)24-11-12-29(43-2)30(14-24)44-3/h4-5,7,10-12,14,20,22-23,27H,6,8-9,13,15-19H2,1-3H3,(H,35,40)(H3,34,36,42). The fraction of sp³-hybridized carbons (Fsp3) is 0.455. The van der Waals surface area contributed by atoms with E-state index in [2.05, 4.69) is 34.3 Å². The summed E-state index contributed by atoms with van der Waals surface area (Å²) in [7, 11) is 3.07. The second kappa shape index (κ2) is 13.8. The van der Waals surface area contributed by atoms with E-state index >= 15 is 0 Å². The van der Waals surface area contributed by atoms with E-state index in [1.807, 2.05) is 12.1 Å². The highest BCUT2D eigenvalue weighted by atomic mass is 16.5. The van der Waals surface area contributed by atoms with Crippen LogP contribution in [-0.4, -0.2) is 65.6 Å². The molecule has 44 heavy (non-hydrogen) atoms. The minimum atomic E-state index is -0.721. The van der Waals surface area contributed by atoms with Crippen molar-refractivity contribution in [1.29, 1.82) is 0 Å². The molecule has 1 aliphatic carbocycles. The van der Waals surface area contributed by atoms with Crippen molar-refractivity contribution in [2.24, 2.45) is 17.6 Å². The first kappa shape index (κ1) is 30.9. The minimum absolute atomic E-state index is 0.199. The average Bonchev–Trinajstić information content (AvgIpc) is 3.43. The number of carbonyl (C=O) groups is 3. The van der Waals surface area contributed by atoms with E-state index in [-0.39, 0.29) is 24.3 Å². The van der Waals surface area contributed by atoms with E-state index in [0.717, 1.165) is 37.1 Å². The van der Waals surface area contributed by atoms with Crippen molar-refractivity contribution in [3.63, 3.8) is 0 Å². The molecular formula is C33H42N6O5. The molecule has 3 unspecified atom stereocenters. The number of ether oxygens (including phenoxy) is 2. The Balaban J connectivity index is 1.37.